The molecule has 0 aliphatic carbocycles. The molecule has 0 bridgehead atoms. The summed E-state index contributed by atoms with van der Waals surface area (Å²) < 4.78 is 0. The Morgan fingerprint density at radius 2 is 0.794 bits per heavy atom. The molecule has 0 N–H and O–H groups in total. The molecule has 0 saturated carbocycles. The van der Waals surface area contributed by atoms with Crippen LogP contribution in [0.2, 0.25) is 0 Å². The molecule has 0 aliphatic heterocycles. The van der Waals surface area contributed by atoms with Crippen molar-refractivity contribution in [2.24, 2.45) is 0 Å². The van der Waals surface area contributed by atoms with Gasteiger partial charge in [-0.3, -0.25) is 0 Å². The molecule has 0 atom stereocenters. The van der Waals surface area contributed by atoms with Crippen molar-refractivity contribution in [3.63, 3.8) is 0 Å². The molecule has 0 unspecified atom stereocenters. The van der Waals surface area contributed by atoms with Gasteiger partial charge < -0.3 is 0 Å². The summed E-state index contributed by atoms with van der Waals surface area (Å²) in [5.41, 5.74) is 14.2. The lowest BCUT2D eigenvalue weighted by atomic mass is 9.81. The van der Waals surface area contributed by atoms with E-state index in [4.69, 9.17) is 0 Å². The van der Waals surface area contributed by atoms with E-state index in [-0.39, 0.29) is 0 Å². The number of hydrogen-bond donors (Lipinski definition) is 0. The molecule has 0 fully saturated rings. The Bertz CT molecular complexity index is 1060. The third kappa shape index (κ3) is 5.32. The maximum absolute atomic E-state index is 2.45. The summed E-state index contributed by atoms with van der Waals surface area (Å²) in [4.78, 5) is 0. The molecule has 0 heterocycles. The molecule has 182 valence electrons. The zero-order valence-corrected chi connectivity index (χ0v) is 23.5. The van der Waals surface area contributed by atoms with Crippen molar-refractivity contribution >= 4 is 0 Å². The molecule has 0 radical (unpaired) electrons. The lowest BCUT2D eigenvalue weighted by Crippen LogP contribution is -2.03. The van der Waals surface area contributed by atoms with Crippen LogP contribution >= 0.6 is 0 Å². The molecule has 0 spiro atoms. The number of rotatable bonds is 7. The summed E-state index contributed by atoms with van der Waals surface area (Å²) in [6, 6.07) is 19.1. The van der Waals surface area contributed by atoms with Crippen LogP contribution in [-0.4, -0.2) is 0 Å². The second kappa shape index (κ2) is 10.5. The molecule has 0 saturated heterocycles. The molecule has 3 aromatic rings. The van der Waals surface area contributed by atoms with Gasteiger partial charge in [0.15, 0.2) is 0 Å². The van der Waals surface area contributed by atoms with Crippen LogP contribution in [-0.2, 0) is 0 Å². The maximum atomic E-state index is 2.45. The first-order valence-electron chi connectivity index (χ1n) is 13.3. The molecule has 0 aliphatic rings. The zero-order chi connectivity index (χ0) is 25.3. The van der Waals surface area contributed by atoms with Crippen LogP contribution in [0.3, 0.4) is 0 Å². The molecule has 0 nitrogen and oxygen atoms in total. The van der Waals surface area contributed by atoms with Crippen molar-refractivity contribution in [1.82, 2.24) is 0 Å². The molecule has 0 amide bonds. The summed E-state index contributed by atoms with van der Waals surface area (Å²) >= 11 is 0. The SMILES string of the molecule is Cc1c(C(C)C)cc(-c2ccc(-c3c(C(C)C)cc(C(C)C)cc3C(C)C)cc2)cc1C(C)C. The third-order valence-corrected chi connectivity index (χ3v) is 7.37. The average Bonchev–Trinajstić information content (AvgIpc) is 2.77. The standard InChI is InChI=1S/C34H46/c1-20(2)28-16-32(23(7)8)34(33(17-28)24(9)10)27-14-12-26(13-15-27)29-18-30(21(3)4)25(11)31(19-29)22(5)6/h12-24H,1-11H3. The van der Waals surface area contributed by atoms with Crippen molar-refractivity contribution in [1.29, 1.82) is 0 Å². The van der Waals surface area contributed by atoms with Crippen molar-refractivity contribution in [3.8, 4) is 22.3 Å². The van der Waals surface area contributed by atoms with Gasteiger partial charge in [-0.15, -0.1) is 0 Å². The van der Waals surface area contributed by atoms with Gasteiger partial charge in [0.05, 0.1) is 0 Å². The van der Waals surface area contributed by atoms with Crippen LogP contribution < -0.4 is 0 Å². The predicted octanol–water partition coefficient (Wildman–Crippen LogP) is 10.9. The minimum atomic E-state index is 0.491. The molecule has 0 aromatic heterocycles. The highest BCUT2D eigenvalue weighted by molar-refractivity contribution is 5.76. The summed E-state index contributed by atoms with van der Waals surface area (Å²) in [5, 5.41) is 0. The Morgan fingerprint density at radius 1 is 0.412 bits per heavy atom. The van der Waals surface area contributed by atoms with Gasteiger partial charge in [-0.25, -0.2) is 0 Å². The molecule has 3 rings (SSSR count). The predicted molar refractivity (Wildman–Crippen MR) is 152 cm³/mol. The van der Waals surface area contributed by atoms with Crippen molar-refractivity contribution < 1.29 is 0 Å². The topological polar surface area (TPSA) is 0 Å². The first-order chi connectivity index (χ1) is 15.9. The fourth-order valence-corrected chi connectivity index (χ4v) is 5.24. The monoisotopic (exact) mass is 454 g/mol. The normalized spacial score (nSPS) is 12.1. The minimum absolute atomic E-state index is 0.491. The van der Waals surface area contributed by atoms with Gasteiger partial charge >= 0.3 is 0 Å². The molecule has 3 aromatic carbocycles. The number of hydrogen-bond acceptors (Lipinski definition) is 0. The fourth-order valence-electron chi connectivity index (χ4n) is 5.24. The Morgan fingerprint density at radius 3 is 1.15 bits per heavy atom. The third-order valence-electron chi connectivity index (χ3n) is 7.37. The van der Waals surface area contributed by atoms with Crippen LogP contribution in [0, 0.1) is 6.92 Å². The highest BCUT2D eigenvalue weighted by Crippen LogP contribution is 2.40. The van der Waals surface area contributed by atoms with E-state index in [2.05, 4.69) is 125 Å². The van der Waals surface area contributed by atoms with Crippen LogP contribution in [0.25, 0.3) is 22.3 Å². The van der Waals surface area contributed by atoms with Crippen LogP contribution in [0.1, 0.15) is 132 Å². The molecular weight excluding hydrogens is 408 g/mol. The fraction of sp³-hybridized carbons (Fsp3) is 0.471. The molecular formula is C34H46. The Labute approximate surface area is 209 Å². The largest absolute Gasteiger partial charge is 0.0587 e. The molecule has 0 heteroatoms. The first kappa shape index (κ1) is 26.3. The van der Waals surface area contributed by atoms with E-state index in [1.165, 1.54) is 55.6 Å². The van der Waals surface area contributed by atoms with E-state index < -0.39 is 0 Å². The summed E-state index contributed by atoms with van der Waals surface area (Å²) in [6.45, 7) is 25.4. The van der Waals surface area contributed by atoms with Crippen molar-refractivity contribution in [2.75, 3.05) is 0 Å². The van der Waals surface area contributed by atoms with Crippen molar-refractivity contribution in [2.45, 2.75) is 106 Å². The first-order valence-corrected chi connectivity index (χ1v) is 13.3. The quantitative estimate of drug-likeness (QED) is 0.333. The maximum Gasteiger partial charge on any atom is -0.0114 e. The summed E-state index contributed by atoms with van der Waals surface area (Å²) in [7, 11) is 0. The van der Waals surface area contributed by atoms with E-state index in [9.17, 15) is 0 Å². The van der Waals surface area contributed by atoms with E-state index in [1.54, 1.807) is 0 Å². The summed E-state index contributed by atoms with van der Waals surface area (Å²) in [5.74, 6) is 2.57. The van der Waals surface area contributed by atoms with E-state index in [1.807, 2.05) is 0 Å². The van der Waals surface area contributed by atoms with E-state index in [0.29, 0.717) is 29.6 Å². The van der Waals surface area contributed by atoms with E-state index >= 15 is 0 Å². The highest BCUT2D eigenvalue weighted by atomic mass is 14.2. The van der Waals surface area contributed by atoms with Gasteiger partial charge in [-0.05, 0) is 92.1 Å². The van der Waals surface area contributed by atoms with Crippen molar-refractivity contribution in [3.05, 3.63) is 81.9 Å². The zero-order valence-electron chi connectivity index (χ0n) is 23.5. The Hall–Kier alpha value is -2.34. The van der Waals surface area contributed by atoms with Gasteiger partial charge in [-0.2, -0.15) is 0 Å². The van der Waals surface area contributed by atoms with Gasteiger partial charge in [0.1, 0.15) is 0 Å². The van der Waals surface area contributed by atoms with Gasteiger partial charge in [0, 0.05) is 0 Å². The van der Waals surface area contributed by atoms with Crippen LogP contribution in [0.15, 0.2) is 48.5 Å². The lowest BCUT2D eigenvalue weighted by Gasteiger charge is -2.23. The number of benzene rings is 3. The molecule has 34 heavy (non-hydrogen) atoms. The van der Waals surface area contributed by atoms with Crippen LogP contribution in [0.4, 0.5) is 0 Å². The van der Waals surface area contributed by atoms with E-state index in [0.717, 1.165) is 0 Å². The Kier molecular flexibility index (Phi) is 8.12. The van der Waals surface area contributed by atoms with Gasteiger partial charge in [0.2, 0.25) is 0 Å². The smallest absolute Gasteiger partial charge is 0.0114 e. The second-order valence-corrected chi connectivity index (χ2v) is 11.7. The average molecular weight is 455 g/mol. The van der Waals surface area contributed by atoms with Gasteiger partial charge in [-0.1, -0.05) is 118 Å². The highest BCUT2D eigenvalue weighted by Gasteiger charge is 2.19. The van der Waals surface area contributed by atoms with Crippen LogP contribution in [0.5, 0.6) is 0 Å². The van der Waals surface area contributed by atoms with Gasteiger partial charge in [0.25, 0.3) is 0 Å². The minimum Gasteiger partial charge on any atom is -0.0587 e. The Balaban J connectivity index is 2.16. The summed E-state index contributed by atoms with van der Waals surface area (Å²) in [6.07, 6.45) is 0. The second-order valence-electron chi connectivity index (χ2n) is 11.7. The lowest BCUT2D eigenvalue weighted by molar-refractivity contribution is 0.807.